The first-order valence-electron chi connectivity index (χ1n) is 14.8. The molecular formula is C33H46O4. The third-order valence-corrected chi connectivity index (χ3v) is 11.4. The van der Waals surface area contributed by atoms with Crippen molar-refractivity contribution in [2.45, 2.75) is 85.0 Å². The number of benzene rings is 1. The molecule has 0 radical (unpaired) electrons. The molecule has 1 aromatic rings. The molecule has 2 unspecified atom stereocenters. The van der Waals surface area contributed by atoms with Gasteiger partial charge in [-0.05, 0) is 116 Å². The molecule has 37 heavy (non-hydrogen) atoms. The van der Waals surface area contributed by atoms with Gasteiger partial charge in [0.1, 0.15) is 0 Å². The van der Waals surface area contributed by atoms with E-state index in [1.165, 1.54) is 52.1 Å². The zero-order chi connectivity index (χ0) is 26.2. The molecule has 4 aliphatic carbocycles. The zero-order valence-electron chi connectivity index (χ0n) is 23.3. The summed E-state index contributed by atoms with van der Waals surface area (Å²) in [5, 5.41) is 0. The highest BCUT2D eigenvalue weighted by Crippen LogP contribution is 2.66. The van der Waals surface area contributed by atoms with Crippen molar-refractivity contribution < 1.29 is 19.1 Å². The average Bonchev–Trinajstić information content (AvgIpc) is 3.27. The molecule has 0 saturated heterocycles. The summed E-state index contributed by atoms with van der Waals surface area (Å²) < 4.78 is 10.7. The molecule has 4 nitrogen and oxygen atoms in total. The summed E-state index contributed by atoms with van der Waals surface area (Å²) in [6.45, 7) is 8.03. The smallest absolute Gasteiger partial charge is 0.338 e. The second kappa shape index (κ2) is 10.6. The molecule has 202 valence electrons. The number of hydrogen-bond donors (Lipinski definition) is 0. The fourth-order valence-corrected chi connectivity index (χ4v) is 9.24. The maximum Gasteiger partial charge on any atom is 0.338 e. The predicted molar refractivity (Wildman–Crippen MR) is 146 cm³/mol. The van der Waals surface area contributed by atoms with E-state index < -0.39 is 0 Å². The number of methoxy groups -OCH3 is 1. The van der Waals surface area contributed by atoms with E-state index in [0.29, 0.717) is 53.1 Å². The lowest BCUT2D eigenvalue weighted by Gasteiger charge is -2.57. The molecule has 3 fully saturated rings. The number of allylic oxidation sites excluding steroid dienone is 2. The van der Waals surface area contributed by atoms with Crippen molar-refractivity contribution in [1.82, 2.24) is 0 Å². The monoisotopic (exact) mass is 506 g/mol. The van der Waals surface area contributed by atoms with Crippen LogP contribution in [0.3, 0.4) is 0 Å². The van der Waals surface area contributed by atoms with Crippen molar-refractivity contribution in [2.24, 2.45) is 46.3 Å². The van der Waals surface area contributed by atoms with Crippen LogP contribution >= 0.6 is 0 Å². The fraction of sp³-hybridized carbons (Fsp3) is 0.697. The van der Waals surface area contributed by atoms with E-state index in [9.17, 15) is 9.59 Å². The molecule has 0 aromatic heterocycles. The van der Waals surface area contributed by atoms with Crippen molar-refractivity contribution >= 4 is 11.9 Å². The summed E-state index contributed by atoms with van der Waals surface area (Å²) >= 11 is 0. The normalized spacial score (nSPS) is 37.4. The summed E-state index contributed by atoms with van der Waals surface area (Å²) in [7, 11) is 1.50. The predicted octanol–water partition coefficient (Wildman–Crippen LogP) is 7.63. The van der Waals surface area contributed by atoms with E-state index in [2.05, 4.69) is 26.8 Å². The number of ether oxygens (including phenoxy) is 2. The highest BCUT2D eigenvalue weighted by Gasteiger charge is 2.57. The van der Waals surface area contributed by atoms with Gasteiger partial charge in [-0.15, -0.1) is 0 Å². The van der Waals surface area contributed by atoms with Crippen molar-refractivity contribution in [3.8, 4) is 0 Å². The topological polar surface area (TPSA) is 52.6 Å². The minimum Gasteiger partial charge on any atom is -0.469 e. The number of carbonyl (C=O) groups excluding carboxylic acids is 2. The van der Waals surface area contributed by atoms with Crippen LogP contribution in [0.1, 0.15) is 95.3 Å². The van der Waals surface area contributed by atoms with Crippen LogP contribution in [0.4, 0.5) is 0 Å². The lowest BCUT2D eigenvalue weighted by Crippen LogP contribution is -2.48. The van der Waals surface area contributed by atoms with Gasteiger partial charge in [0.2, 0.25) is 0 Å². The van der Waals surface area contributed by atoms with Gasteiger partial charge in [0, 0.05) is 6.42 Å². The van der Waals surface area contributed by atoms with Gasteiger partial charge in [-0.3, -0.25) is 4.79 Å². The Bertz CT molecular complexity index is 1010. The first kappa shape index (κ1) is 26.5. The minimum absolute atomic E-state index is 0.0749. The molecule has 0 bridgehead atoms. The van der Waals surface area contributed by atoms with Gasteiger partial charge in [0.15, 0.2) is 0 Å². The van der Waals surface area contributed by atoms with Crippen molar-refractivity contribution in [1.29, 1.82) is 0 Å². The van der Waals surface area contributed by atoms with Crippen LogP contribution in [0.5, 0.6) is 0 Å². The first-order valence-corrected chi connectivity index (χ1v) is 14.8. The van der Waals surface area contributed by atoms with Gasteiger partial charge in [-0.2, -0.15) is 0 Å². The van der Waals surface area contributed by atoms with Crippen LogP contribution in [0.25, 0.3) is 0 Å². The van der Waals surface area contributed by atoms with Gasteiger partial charge < -0.3 is 9.47 Å². The molecule has 0 aliphatic heterocycles. The molecule has 0 amide bonds. The minimum atomic E-state index is -0.191. The van der Waals surface area contributed by atoms with Crippen LogP contribution in [0.2, 0.25) is 0 Å². The van der Waals surface area contributed by atoms with E-state index in [1.807, 2.05) is 30.3 Å². The largest absolute Gasteiger partial charge is 0.469 e. The summed E-state index contributed by atoms with van der Waals surface area (Å²) in [5.74, 6) is 3.67. The molecule has 0 N–H and O–H groups in total. The molecule has 0 heterocycles. The molecular weight excluding hydrogens is 460 g/mol. The van der Waals surface area contributed by atoms with E-state index in [0.717, 1.165) is 24.7 Å². The highest BCUT2D eigenvalue weighted by atomic mass is 16.5. The van der Waals surface area contributed by atoms with Crippen molar-refractivity contribution in [2.75, 3.05) is 13.7 Å². The zero-order valence-corrected chi connectivity index (χ0v) is 23.3. The Balaban J connectivity index is 1.23. The third kappa shape index (κ3) is 4.90. The Morgan fingerprint density at radius 2 is 1.84 bits per heavy atom. The van der Waals surface area contributed by atoms with Crippen molar-refractivity contribution in [3.05, 3.63) is 47.5 Å². The molecule has 4 aliphatic rings. The van der Waals surface area contributed by atoms with Crippen LogP contribution in [-0.2, 0) is 14.3 Å². The number of hydrogen-bond acceptors (Lipinski definition) is 4. The van der Waals surface area contributed by atoms with Gasteiger partial charge in [-0.25, -0.2) is 4.79 Å². The number of carbonyl (C=O) groups is 2. The van der Waals surface area contributed by atoms with Crippen LogP contribution in [0.15, 0.2) is 42.0 Å². The summed E-state index contributed by atoms with van der Waals surface area (Å²) in [6.07, 6.45) is 14.1. The van der Waals surface area contributed by atoms with E-state index in [1.54, 1.807) is 5.57 Å². The van der Waals surface area contributed by atoms with Gasteiger partial charge in [-0.1, -0.05) is 50.6 Å². The Labute approximate surface area is 223 Å². The maximum atomic E-state index is 12.5. The van der Waals surface area contributed by atoms with Crippen molar-refractivity contribution in [3.63, 3.8) is 0 Å². The fourth-order valence-electron chi connectivity index (χ4n) is 9.24. The molecule has 8 atom stereocenters. The lowest BCUT2D eigenvalue weighted by molar-refractivity contribution is -0.141. The second-order valence-electron chi connectivity index (χ2n) is 13.2. The number of rotatable bonds is 7. The van der Waals surface area contributed by atoms with E-state index in [4.69, 9.17) is 9.47 Å². The Morgan fingerprint density at radius 3 is 2.59 bits per heavy atom. The molecule has 0 spiro atoms. The molecule has 5 rings (SSSR count). The van der Waals surface area contributed by atoms with Crippen LogP contribution < -0.4 is 0 Å². The average molecular weight is 507 g/mol. The first-order chi connectivity index (χ1) is 17.8. The highest BCUT2D eigenvalue weighted by molar-refractivity contribution is 5.89. The number of esters is 2. The van der Waals surface area contributed by atoms with E-state index >= 15 is 0 Å². The van der Waals surface area contributed by atoms with Gasteiger partial charge in [0.05, 0.1) is 19.3 Å². The molecule has 3 saturated carbocycles. The second-order valence-corrected chi connectivity index (χ2v) is 13.2. The third-order valence-electron chi connectivity index (χ3n) is 11.4. The summed E-state index contributed by atoms with van der Waals surface area (Å²) in [6, 6.07) is 9.37. The number of fused-ring (bicyclic) bond motifs is 5. The Hall–Kier alpha value is -2.10. The summed E-state index contributed by atoms with van der Waals surface area (Å²) in [4.78, 5) is 24.2. The standard InChI is InChI=1S/C33H46O4/c1-22(10-15-30(34)36-4)27-13-14-28-26-12-11-25-20-23(21-37-31(35)24-8-6-5-7-9-24)16-18-32(25,2)29(26)17-19-33(27,28)3/h5-9,17,22-23,25-28H,10-16,18-21H2,1-4H3/t22-,23?,25-,26+,27?,28+,32+,33-/m1/s1. The SMILES string of the molecule is COC(=O)CC[C@@H](C)C1CC[C@H]2[C@@H]3CC[C@@H]4CC(COC(=O)c5ccccc5)CC[C@]4(C)C3=CC[C@]12C. The Morgan fingerprint density at radius 1 is 1.05 bits per heavy atom. The Kier molecular flexibility index (Phi) is 7.58. The van der Waals surface area contributed by atoms with E-state index in [-0.39, 0.29) is 11.9 Å². The van der Waals surface area contributed by atoms with Crippen LogP contribution in [0, 0.1) is 46.3 Å². The molecule has 1 aromatic carbocycles. The maximum absolute atomic E-state index is 12.5. The van der Waals surface area contributed by atoms with Gasteiger partial charge >= 0.3 is 11.9 Å². The lowest BCUT2D eigenvalue weighted by atomic mass is 9.48. The van der Waals surface area contributed by atoms with Gasteiger partial charge in [0.25, 0.3) is 0 Å². The quantitative estimate of drug-likeness (QED) is 0.282. The molecule has 4 heteroatoms. The summed E-state index contributed by atoms with van der Waals surface area (Å²) in [5.41, 5.74) is 3.08. The van der Waals surface area contributed by atoms with Crippen LogP contribution in [-0.4, -0.2) is 25.7 Å².